The third-order valence-electron chi connectivity index (χ3n) is 5.00. The van der Waals surface area contributed by atoms with Crippen LogP contribution in [0.1, 0.15) is 65.2 Å². The third-order valence-corrected chi connectivity index (χ3v) is 5.00. The van der Waals surface area contributed by atoms with Crippen molar-refractivity contribution < 1.29 is 0 Å². The summed E-state index contributed by atoms with van der Waals surface area (Å²) in [6.45, 7) is 10.1. The van der Waals surface area contributed by atoms with E-state index in [4.69, 9.17) is 0 Å². The van der Waals surface area contributed by atoms with Gasteiger partial charge in [0.2, 0.25) is 0 Å². The molecule has 0 N–H and O–H groups in total. The Morgan fingerprint density at radius 1 is 0.667 bits per heavy atom. The van der Waals surface area contributed by atoms with Gasteiger partial charge in [0.25, 0.3) is 0 Å². The van der Waals surface area contributed by atoms with E-state index in [9.17, 15) is 0 Å². The number of likely N-dealkylation sites (tertiary alicyclic amines) is 2. The minimum atomic E-state index is 0.751. The number of hydrogen-bond acceptors (Lipinski definition) is 2. The Kier molecular flexibility index (Phi) is 5.97. The molecule has 0 aromatic carbocycles. The van der Waals surface area contributed by atoms with Crippen LogP contribution in [-0.4, -0.2) is 42.1 Å². The Bertz CT molecular complexity index is 195. The maximum atomic E-state index is 2.81. The largest absolute Gasteiger partial charge is 0.288 e. The van der Waals surface area contributed by atoms with E-state index in [1.807, 2.05) is 0 Å². The molecule has 2 fully saturated rings. The Morgan fingerprint density at radius 3 is 1.39 bits per heavy atom. The van der Waals surface area contributed by atoms with E-state index in [0.29, 0.717) is 0 Å². The first-order valence-corrected chi connectivity index (χ1v) is 8.35. The van der Waals surface area contributed by atoms with Crippen LogP contribution >= 0.6 is 0 Å². The van der Waals surface area contributed by atoms with Crippen molar-refractivity contribution in [3.63, 3.8) is 0 Å². The minimum Gasteiger partial charge on any atom is -0.288 e. The highest BCUT2D eigenvalue weighted by Gasteiger charge is 2.32. The maximum Gasteiger partial charge on any atom is 0.0651 e. The fraction of sp³-hybridized carbons (Fsp3) is 1.00. The fourth-order valence-corrected chi connectivity index (χ4v) is 3.90. The van der Waals surface area contributed by atoms with Crippen LogP contribution in [0.25, 0.3) is 0 Å². The van der Waals surface area contributed by atoms with Gasteiger partial charge in [-0.05, 0) is 57.8 Å². The first-order valence-electron chi connectivity index (χ1n) is 8.35. The van der Waals surface area contributed by atoms with E-state index >= 15 is 0 Å². The van der Waals surface area contributed by atoms with Crippen LogP contribution < -0.4 is 0 Å². The van der Waals surface area contributed by atoms with Crippen LogP contribution in [0.2, 0.25) is 0 Å². The van der Waals surface area contributed by atoms with Gasteiger partial charge in [-0.15, -0.1) is 0 Å². The van der Waals surface area contributed by atoms with Crippen LogP contribution in [0.5, 0.6) is 0 Å². The molecule has 18 heavy (non-hydrogen) atoms. The molecule has 2 rings (SSSR count). The van der Waals surface area contributed by atoms with Crippen LogP contribution in [0, 0.1) is 5.92 Å². The summed E-state index contributed by atoms with van der Waals surface area (Å²) in [7, 11) is 0. The standard InChI is InChI=1S/C16H32N2/c1-3-15(4-2)16(17-11-7-5-8-12-17)18-13-9-6-10-14-18/h15-16H,3-14H2,1-2H3. The van der Waals surface area contributed by atoms with Crippen LogP contribution in [0.15, 0.2) is 0 Å². The van der Waals surface area contributed by atoms with Gasteiger partial charge in [-0.1, -0.05) is 39.5 Å². The van der Waals surface area contributed by atoms with Gasteiger partial charge in [-0.2, -0.15) is 0 Å². The first-order chi connectivity index (χ1) is 8.86. The zero-order chi connectivity index (χ0) is 12.8. The van der Waals surface area contributed by atoms with E-state index in [-0.39, 0.29) is 0 Å². The van der Waals surface area contributed by atoms with Crippen LogP contribution in [0.4, 0.5) is 0 Å². The van der Waals surface area contributed by atoms with Crippen LogP contribution in [0.3, 0.4) is 0 Å². The summed E-state index contributed by atoms with van der Waals surface area (Å²) in [5.74, 6) is 0.876. The second-order valence-corrected chi connectivity index (χ2v) is 6.18. The topological polar surface area (TPSA) is 6.48 Å². The van der Waals surface area contributed by atoms with Crippen molar-refractivity contribution in [3.05, 3.63) is 0 Å². The van der Waals surface area contributed by atoms with Crippen molar-refractivity contribution in [1.29, 1.82) is 0 Å². The van der Waals surface area contributed by atoms with Crippen molar-refractivity contribution in [2.24, 2.45) is 5.92 Å². The predicted molar refractivity (Wildman–Crippen MR) is 78.7 cm³/mol. The van der Waals surface area contributed by atoms with Gasteiger partial charge in [-0.25, -0.2) is 0 Å². The normalized spacial score (nSPS) is 24.0. The molecule has 2 heteroatoms. The molecule has 0 bridgehead atoms. The molecule has 0 unspecified atom stereocenters. The second kappa shape index (κ2) is 7.49. The second-order valence-electron chi connectivity index (χ2n) is 6.18. The van der Waals surface area contributed by atoms with Gasteiger partial charge in [0.1, 0.15) is 0 Å². The average molecular weight is 252 g/mol. The highest BCUT2D eigenvalue weighted by molar-refractivity contribution is 4.83. The molecule has 0 aliphatic carbocycles. The molecule has 0 radical (unpaired) electrons. The molecule has 2 nitrogen and oxygen atoms in total. The Labute approximate surface area is 114 Å². The zero-order valence-electron chi connectivity index (χ0n) is 12.5. The number of piperidine rings is 2. The summed E-state index contributed by atoms with van der Waals surface area (Å²) in [4.78, 5) is 5.62. The summed E-state index contributed by atoms with van der Waals surface area (Å²) >= 11 is 0. The molecule has 2 aliphatic heterocycles. The van der Waals surface area contributed by atoms with Crippen molar-refractivity contribution in [2.75, 3.05) is 26.2 Å². The van der Waals surface area contributed by atoms with Crippen LogP contribution in [-0.2, 0) is 0 Å². The molecular weight excluding hydrogens is 220 g/mol. The van der Waals surface area contributed by atoms with Crippen molar-refractivity contribution in [1.82, 2.24) is 9.80 Å². The SMILES string of the molecule is CCC(CC)C(N1CCCCC1)N1CCCCC1. The molecule has 0 spiro atoms. The summed E-state index contributed by atoms with van der Waals surface area (Å²) in [6, 6.07) is 0. The smallest absolute Gasteiger partial charge is 0.0651 e. The summed E-state index contributed by atoms with van der Waals surface area (Å²) in [6.07, 6.45) is 12.0. The Morgan fingerprint density at radius 2 is 1.06 bits per heavy atom. The number of hydrogen-bond donors (Lipinski definition) is 0. The average Bonchev–Trinajstić information content (AvgIpc) is 2.46. The van der Waals surface area contributed by atoms with E-state index < -0.39 is 0 Å². The lowest BCUT2D eigenvalue weighted by atomic mass is 9.94. The van der Waals surface area contributed by atoms with Gasteiger partial charge in [0.15, 0.2) is 0 Å². The van der Waals surface area contributed by atoms with Gasteiger partial charge in [-0.3, -0.25) is 9.80 Å². The molecule has 0 atom stereocenters. The maximum absolute atomic E-state index is 2.81. The molecular formula is C16H32N2. The highest BCUT2D eigenvalue weighted by Crippen LogP contribution is 2.27. The van der Waals surface area contributed by atoms with E-state index in [1.54, 1.807) is 0 Å². The van der Waals surface area contributed by atoms with E-state index in [2.05, 4.69) is 23.6 Å². The third kappa shape index (κ3) is 3.48. The number of rotatable bonds is 5. The molecule has 0 aromatic heterocycles. The molecule has 2 saturated heterocycles. The van der Waals surface area contributed by atoms with E-state index in [0.717, 1.165) is 12.1 Å². The molecule has 2 heterocycles. The minimum absolute atomic E-state index is 0.751. The fourth-order valence-electron chi connectivity index (χ4n) is 3.90. The van der Waals surface area contributed by atoms with Gasteiger partial charge in [0, 0.05) is 0 Å². The Hall–Kier alpha value is -0.0800. The summed E-state index contributed by atoms with van der Waals surface area (Å²) in [5, 5.41) is 0. The van der Waals surface area contributed by atoms with Gasteiger partial charge >= 0.3 is 0 Å². The van der Waals surface area contributed by atoms with Crippen molar-refractivity contribution >= 4 is 0 Å². The lowest BCUT2D eigenvalue weighted by Gasteiger charge is -2.46. The zero-order valence-corrected chi connectivity index (χ0v) is 12.5. The molecule has 106 valence electrons. The summed E-state index contributed by atoms with van der Waals surface area (Å²) in [5.41, 5.74) is 0. The molecule has 2 aliphatic rings. The van der Waals surface area contributed by atoms with Crippen molar-refractivity contribution in [2.45, 2.75) is 71.4 Å². The van der Waals surface area contributed by atoms with E-state index in [1.165, 1.54) is 77.5 Å². The molecule has 0 amide bonds. The predicted octanol–water partition coefficient (Wildman–Crippen LogP) is 3.72. The summed E-state index contributed by atoms with van der Waals surface area (Å²) < 4.78 is 0. The lowest BCUT2D eigenvalue weighted by molar-refractivity contribution is -0.0226. The lowest BCUT2D eigenvalue weighted by Crippen LogP contribution is -2.55. The number of nitrogens with zero attached hydrogens (tertiary/aromatic N) is 2. The van der Waals surface area contributed by atoms with Gasteiger partial charge in [0.05, 0.1) is 6.17 Å². The first kappa shape index (κ1) is 14.3. The monoisotopic (exact) mass is 252 g/mol. The Balaban J connectivity index is 2.04. The highest BCUT2D eigenvalue weighted by atomic mass is 15.4. The van der Waals surface area contributed by atoms with Gasteiger partial charge < -0.3 is 0 Å². The quantitative estimate of drug-likeness (QED) is 0.736. The molecule has 0 aromatic rings. The molecule has 0 saturated carbocycles. The van der Waals surface area contributed by atoms with Crippen molar-refractivity contribution in [3.8, 4) is 0 Å².